The highest BCUT2D eigenvalue weighted by Crippen LogP contribution is 2.23. The van der Waals surface area contributed by atoms with Crippen molar-refractivity contribution in [1.29, 1.82) is 0 Å². The van der Waals surface area contributed by atoms with Crippen LogP contribution in [0.4, 0.5) is 0 Å². The zero-order chi connectivity index (χ0) is 10.7. The zero-order valence-corrected chi connectivity index (χ0v) is 7.88. The third-order valence-electron chi connectivity index (χ3n) is 2.02. The van der Waals surface area contributed by atoms with Crippen LogP contribution in [0.3, 0.4) is 0 Å². The van der Waals surface area contributed by atoms with Crippen molar-refractivity contribution in [3.63, 3.8) is 0 Å². The minimum atomic E-state index is -0.893. The molecule has 0 spiro atoms. The molecule has 0 amide bonds. The molecule has 4 heteroatoms. The molecule has 1 N–H and O–H groups in total. The molecule has 0 aliphatic heterocycles. The Balaban J connectivity index is 2.37. The van der Waals surface area contributed by atoms with Gasteiger partial charge in [0.1, 0.15) is 0 Å². The van der Waals surface area contributed by atoms with Gasteiger partial charge in [0.05, 0.1) is 12.6 Å². The number of aromatic nitrogens is 1. The molecule has 0 aliphatic rings. The van der Waals surface area contributed by atoms with Gasteiger partial charge in [0, 0.05) is 11.1 Å². The van der Waals surface area contributed by atoms with E-state index in [9.17, 15) is 4.79 Å². The first-order chi connectivity index (χ1) is 7.27. The molecular weight excluding hydrogens is 194 g/mol. The van der Waals surface area contributed by atoms with Crippen molar-refractivity contribution in [2.75, 3.05) is 0 Å². The summed E-state index contributed by atoms with van der Waals surface area (Å²) < 4.78 is 5.04. The van der Waals surface area contributed by atoms with Crippen LogP contribution in [-0.4, -0.2) is 16.2 Å². The molecule has 76 valence electrons. The van der Waals surface area contributed by atoms with Crippen LogP contribution in [0.15, 0.2) is 41.1 Å². The Morgan fingerprint density at radius 3 is 2.73 bits per heavy atom. The first-order valence-electron chi connectivity index (χ1n) is 4.48. The van der Waals surface area contributed by atoms with E-state index in [1.165, 1.54) is 6.20 Å². The lowest BCUT2D eigenvalue weighted by molar-refractivity contribution is -0.136. The fourth-order valence-electron chi connectivity index (χ4n) is 1.38. The number of carbonyl (C=O) groups is 1. The molecule has 1 aromatic heterocycles. The predicted octanol–water partition coefficient (Wildman–Crippen LogP) is 1.97. The summed E-state index contributed by atoms with van der Waals surface area (Å²) in [6.07, 6.45) is 1.37. The SMILES string of the molecule is O=C(O)Cc1cnoc1-c1ccccc1. The van der Waals surface area contributed by atoms with E-state index in [0.717, 1.165) is 5.56 Å². The van der Waals surface area contributed by atoms with Crippen molar-refractivity contribution >= 4 is 5.97 Å². The van der Waals surface area contributed by atoms with Gasteiger partial charge < -0.3 is 9.63 Å². The fraction of sp³-hybridized carbons (Fsp3) is 0.0909. The molecule has 0 saturated heterocycles. The molecule has 2 aromatic rings. The topological polar surface area (TPSA) is 63.3 Å². The van der Waals surface area contributed by atoms with Crippen molar-refractivity contribution in [1.82, 2.24) is 5.16 Å². The molecule has 0 fully saturated rings. The molecule has 0 radical (unpaired) electrons. The summed E-state index contributed by atoms with van der Waals surface area (Å²) in [6, 6.07) is 9.32. The number of carboxylic acids is 1. The summed E-state index contributed by atoms with van der Waals surface area (Å²) in [5, 5.41) is 12.3. The van der Waals surface area contributed by atoms with Crippen LogP contribution < -0.4 is 0 Å². The fourth-order valence-corrected chi connectivity index (χ4v) is 1.38. The van der Waals surface area contributed by atoms with Crippen molar-refractivity contribution < 1.29 is 14.4 Å². The first kappa shape index (κ1) is 9.45. The van der Waals surface area contributed by atoms with Gasteiger partial charge in [-0.05, 0) is 0 Å². The van der Waals surface area contributed by atoms with E-state index in [1.807, 2.05) is 30.3 Å². The van der Waals surface area contributed by atoms with Crippen LogP contribution in [0, 0.1) is 0 Å². The molecule has 1 heterocycles. The second-order valence-corrected chi connectivity index (χ2v) is 3.12. The van der Waals surface area contributed by atoms with Crippen LogP contribution >= 0.6 is 0 Å². The molecule has 0 aliphatic carbocycles. The Hall–Kier alpha value is -2.10. The summed E-state index contributed by atoms with van der Waals surface area (Å²) in [5.41, 5.74) is 1.43. The monoisotopic (exact) mass is 203 g/mol. The Kier molecular flexibility index (Phi) is 2.49. The number of hydrogen-bond donors (Lipinski definition) is 1. The maximum absolute atomic E-state index is 10.6. The molecule has 4 nitrogen and oxygen atoms in total. The van der Waals surface area contributed by atoms with Crippen LogP contribution in [0.25, 0.3) is 11.3 Å². The number of hydrogen-bond acceptors (Lipinski definition) is 3. The highest BCUT2D eigenvalue weighted by atomic mass is 16.5. The maximum Gasteiger partial charge on any atom is 0.308 e. The van der Waals surface area contributed by atoms with E-state index in [1.54, 1.807) is 0 Å². The molecule has 15 heavy (non-hydrogen) atoms. The van der Waals surface area contributed by atoms with Gasteiger partial charge in [-0.15, -0.1) is 0 Å². The van der Waals surface area contributed by atoms with Crippen molar-refractivity contribution in [2.24, 2.45) is 0 Å². The molecular formula is C11H9NO3. The van der Waals surface area contributed by atoms with Crippen molar-refractivity contribution in [3.05, 3.63) is 42.1 Å². The number of benzene rings is 1. The molecule has 0 saturated carbocycles. The normalized spacial score (nSPS) is 10.1. The molecule has 0 unspecified atom stereocenters. The van der Waals surface area contributed by atoms with Crippen molar-refractivity contribution in [3.8, 4) is 11.3 Å². The average molecular weight is 203 g/mol. The summed E-state index contributed by atoms with van der Waals surface area (Å²) in [5.74, 6) is -0.367. The molecule has 0 atom stereocenters. The summed E-state index contributed by atoms with van der Waals surface area (Å²) in [6.45, 7) is 0. The van der Waals surface area contributed by atoms with E-state index in [2.05, 4.69) is 5.16 Å². The van der Waals surface area contributed by atoms with Gasteiger partial charge in [0.15, 0.2) is 5.76 Å². The summed E-state index contributed by atoms with van der Waals surface area (Å²) >= 11 is 0. The zero-order valence-electron chi connectivity index (χ0n) is 7.88. The number of nitrogens with zero attached hydrogens (tertiary/aromatic N) is 1. The first-order valence-corrected chi connectivity index (χ1v) is 4.48. The predicted molar refractivity (Wildman–Crippen MR) is 53.3 cm³/mol. The Morgan fingerprint density at radius 2 is 2.07 bits per heavy atom. The highest BCUT2D eigenvalue weighted by molar-refractivity contribution is 5.74. The number of carboxylic acid groups (broad SMARTS) is 1. The average Bonchev–Trinajstić information content (AvgIpc) is 2.66. The van der Waals surface area contributed by atoms with Crippen molar-refractivity contribution in [2.45, 2.75) is 6.42 Å². The van der Waals surface area contributed by atoms with E-state index in [4.69, 9.17) is 9.63 Å². The van der Waals surface area contributed by atoms with Gasteiger partial charge in [-0.2, -0.15) is 0 Å². The van der Waals surface area contributed by atoms with Gasteiger partial charge >= 0.3 is 5.97 Å². The lowest BCUT2D eigenvalue weighted by atomic mass is 10.1. The van der Waals surface area contributed by atoms with Crippen LogP contribution in [0.2, 0.25) is 0 Å². The van der Waals surface area contributed by atoms with Gasteiger partial charge in [0.2, 0.25) is 0 Å². The van der Waals surface area contributed by atoms with Crippen LogP contribution in [-0.2, 0) is 11.2 Å². The smallest absolute Gasteiger partial charge is 0.308 e. The summed E-state index contributed by atoms with van der Waals surface area (Å²) in [4.78, 5) is 10.6. The maximum atomic E-state index is 10.6. The van der Waals surface area contributed by atoms with Gasteiger partial charge in [-0.1, -0.05) is 35.5 Å². The molecule has 2 rings (SSSR count). The quantitative estimate of drug-likeness (QED) is 0.828. The third-order valence-corrected chi connectivity index (χ3v) is 2.02. The van der Waals surface area contributed by atoms with Crippen LogP contribution in [0.1, 0.15) is 5.56 Å². The molecule has 0 bridgehead atoms. The molecule has 1 aromatic carbocycles. The Labute approximate surface area is 86.1 Å². The van der Waals surface area contributed by atoms with Gasteiger partial charge in [0.25, 0.3) is 0 Å². The third kappa shape index (κ3) is 2.04. The summed E-state index contributed by atoms with van der Waals surface area (Å²) in [7, 11) is 0. The van der Waals surface area contributed by atoms with E-state index < -0.39 is 5.97 Å². The lowest BCUT2D eigenvalue weighted by Crippen LogP contribution is -1.99. The van der Waals surface area contributed by atoms with Gasteiger partial charge in [-0.3, -0.25) is 4.79 Å². The minimum absolute atomic E-state index is 0.0757. The Morgan fingerprint density at radius 1 is 1.33 bits per heavy atom. The van der Waals surface area contributed by atoms with E-state index >= 15 is 0 Å². The number of rotatable bonds is 3. The second kappa shape index (κ2) is 3.96. The van der Waals surface area contributed by atoms with Gasteiger partial charge in [-0.25, -0.2) is 0 Å². The largest absolute Gasteiger partial charge is 0.481 e. The highest BCUT2D eigenvalue weighted by Gasteiger charge is 2.12. The standard InChI is InChI=1S/C11H9NO3/c13-10(14)6-9-7-12-15-11(9)8-4-2-1-3-5-8/h1-5,7H,6H2,(H,13,14). The second-order valence-electron chi connectivity index (χ2n) is 3.12. The number of aliphatic carboxylic acids is 1. The van der Waals surface area contributed by atoms with Crippen LogP contribution in [0.5, 0.6) is 0 Å². The lowest BCUT2D eigenvalue weighted by Gasteiger charge is -1.97. The Bertz CT molecular complexity index is 462. The van der Waals surface area contributed by atoms with E-state index in [-0.39, 0.29) is 6.42 Å². The minimum Gasteiger partial charge on any atom is -0.481 e. The van der Waals surface area contributed by atoms with E-state index in [0.29, 0.717) is 11.3 Å².